The fraction of sp³-hybridized carbons (Fsp3) is 0.333. The molecule has 134 valence electrons. The first-order valence-corrected chi connectivity index (χ1v) is 7.87. The molecule has 25 heavy (non-hydrogen) atoms. The summed E-state index contributed by atoms with van der Waals surface area (Å²) in [4.78, 5) is 11.8. The minimum atomic E-state index is -0.743. The van der Waals surface area contributed by atoms with E-state index in [0.717, 1.165) is 22.6 Å². The molecule has 1 amide bonds. The maximum absolute atomic E-state index is 13.1. The molecular formula is C18H22FN3O3. The number of hydrogen-bond donors (Lipinski definition) is 2. The number of hydrogen-bond acceptors (Lipinski definition) is 4. The van der Waals surface area contributed by atoms with Crippen molar-refractivity contribution in [3.63, 3.8) is 0 Å². The number of nitrogens with one attached hydrogen (secondary N) is 1. The molecule has 2 aromatic rings. The van der Waals surface area contributed by atoms with Crippen LogP contribution < -0.4 is 5.32 Å². The van der Waals surface area contributed by atoms with Crippen LogP contribution in [0.1, 0.15) is 17.0 Å². The van der Waals surface area contributed by atoms with Gasteiger partial charge < -0.3 is 15.2 Å². The van der Waals surface area contributed by atoms with Crippen LogP contribution in [-0.2, 0) is 9.53 Å². The summed E-state index contributed by atoms with van der Waals surface area (Å²) in [7, 11) is 1.48. The molecule has 7 heteroatoms. The van der Waals surface area contributed by atoms with Crippen molar-refractivity contribution in [1.82, 2.24) is 15.1 Å². The van der Waals surface area contributed by atoms with E-state index >= 15 is 0 Å². The lowest BCUT2D eigenvalue weighted by atomic mass is 10.2. The van der Waals surface area contributed by atoms with E-state index in [2.05, 4.69) is 10.4 Å². The zero-order valence-corrected chi connectivity index (χ0v) is 14.5. The van der Waals surface area contributed by atoms with Gasteiger partial charge in [0.25, 0.3) is 0 Å². The number of aliphatic hydroxyl groups excluding tert-OH is 1. The number of rotatable bonds is 7. The number of amides is 1. The van der Waals surface area contributed by atoms with Gasteiger partial charge in [-0.2, -0.15) is 5.10 Å². The zero-order chi connectivity index (χ0) is 18.4. The van der Waals surface area contributed by atoms with Crippen molar-refractivity contribution in [2.75, 3.05) is 20.3 Å². The molecule has 0 spiro atoms. The Balaban J connectivity index is 2.10. The highest BCUT2D eigenvalue weighted by Gasteiger charge is 2.11. The van der Waals surface area contributed by atoms with Gasteiger partial charge in [-0.05, 0) is 44.2 Å². The summed E-state index contributed by atoms with van der Waals surface area (Å²) in [5.41, 5.74) is 3.16. The molecule has 0 aliphatic heterocycles. The monoisotopic (exact) mass is 347 g/mol. The maximum Gasteiger partial charge on any atom is 0.244 e. The lowest BCUT2D eigenvalue weighted by molar-refractivity contribution is -0.117. The molecule has 1 unspecified atom stereocenters. The smallest absolute Gasteiger partial charge is 0.244 e. The van der Waals surface area contributed by atoms with E-state index in [1.54, 1.807) is 22.9 Å². The molecule has 0 saturated carbocycles. The predicted molar refractivity (Wildman–Crippen MR) is 92.9 cm³/mol. The summed E-state index contributed by atoms with van der Waals surface area (Å²) < 4.78 is 19.6. The van der Waals surface area contributed by atoms with Crippen LogP contribution in [-0.4, -0.2) is 47.2 Å². The van der Waals surface area contributed by atoms with Gasteiger partial charge in [0.15, 0.2) is 0 Å². The van der Waals surface area contributed by atoms with Gasteiger partial charge in [0, 0.05) is 31.0 Å². The number of aliphatic hydroxyl groups is 1. The Kier molecular flexibility index (Phi) is 6.44. The van der Waals surface area contributed by atoms with Gasteiger partial charge in [0.1, 0.15) is 5.82 Å². The minimum Gasteiger partial charge on any atom is -0.389 e. The Morgan fingerprint density at radius 3 is 2.72 bits per heavy atom. The van der Waals surface area contributed by atoms with E-state index in [1.807, 2.05) is 13.8 Å². The van der Waals surface area contributed by atoms with Crippen molar-refractivity contribution in [2.24, 2.45) is 0 Å². The van der Waals surface area contributed by atoms with E-state index in [0.29, 0.717) is 0 Å². The number of benzene rings is 1. The molecule has 0 bridgehead atoms. The zero-order valence-electron chi connectivity index (χ0n) is 14.5. The standard InChI is InChI=1S/C18H22FN3O3/c1-12-17(8-9-18(24)20-10-16(23)11-25-3)13(2)22(21-12)15-6-4-14(19)5-7-15/h4-9,16,23H,10-11H2,1-3H3,(H,20,24)/b9-8+. The molecular weight excluding hydrogens is 325 g/mol. The normalized spacial score (nSPS) is 12.5. The summed E-state index contributed by atoms with van der Waals surface area (Å²) in [6.07, 6.45) is 2.33. The lowest BCUT2D eigenvalue weighted by Gasteiger charge is -2.09. The average molecular weight is 347 g/mol. The number of aryl methyl sites for hydroxylation is 1. The highest BCUT2D eigenvalue weighted by Crippen LogP contribution is 2.19. The average Bonchev–Trinajstić information content (AvgIpc) is 2.86. The minimum absolute atomic E-state index is 0.115. The predicted octanol–water partition coefficient (Wildman–Crippen LogP) is 1.76. The number of carbonyl (C=O) groups is 1. The van der Waals surface area contributed by atoms with Crippen molar-refractivity contribution < 1.29 is 19.0 Å². The SMILES string of the molecule is COCC(O)CNC(=O)/C=C/c1c(C)nn(-c2ccc(F)cc2)c1C. The maximum atomic E-state index is 13.1. The second-order valence-corrected chi connectivity index (χ2v) is 5.66. The Labute approximate surface area is 145 Å². The molecule has 0 radical (unpaired) electrons. The summed E-state index contributed by atoms with van der Waals surface area (Å²) >= 11 is 0. The van der Waals surface area contributed by atoms with Crippen LogP contribution in [0, 0.1) is 19.7 Å². The summed E-state index contributed by atoms with van der Waals surface area (Å²) in [6.45, 7) is 3.99. The van der Waals surface area contributed by atoms with Crippen molar-refractivity contribution in [1.29, 1.82) is 0 Å². The van der Waals surface area contributed by atoms with Crippen LogP contribution in [0.3, 0.4) is 0 Å². The topological polar surface area (TPSA) is 76.4 Å². The third-order valence-electron chi connectivity index (χ3n) is 3.69. The van der Waals surface area contributed by atoms with Crippen LogP contribution in [0.5, 0.6) is 0 Å². The van der Waals surface area contributed by atoms with Gasteiger partial charge >= 0.3 is 0 Å². The summed E-state index contributed by atoms with van der Waals surface area (Å²) in [5, 5.41) is 16.6. The molecule has 0 saturated heterocycles. The van der Waals surface area contributed by atoms with E-state index in [-0.39, 0.29) is 24.9 Å². The highest BCUT2D eigenvalue weighted by atomic mass is 19.1. The van der Waals surface area contributed by atoms with Crippen molar-refractivity contribution >= 4 is 12.0 Å². The van der Waals surface area contributed by atoms with Crippen molar-refractivity contribution in [2.45, 2.75) is 20.0 Å². The quantitative estimate of drug-likeness (QED) is 0.749. The Morgan fingerprint density at radius 2 is 2.08 bits per heavy atom. The molecule has 0 aliphatic rings. The molecule has 1 atom stereocenters. The summed E-state index contributed by atoms with van der Waals surface area (Å²) in [6, 6.07) is 6.04. The molecule has 1 heterocycles. The van der Waals surface area contributed by atoms with Gasteiger partial charge in [0.05, 0.1) is 24.1 Å². The lowest BCUT2D eigenvalue weighted by Crippen LogP contribution is -2.33. The Hall–Kier alpha value is -2.51. The third kappa shape index (κ3) is 4.98. The van der Waals surface area contributed by atoms with Crippen LogP contribution in [0.15, 0.2) is 30.3 Å². The van der Waals surface area contributed by atoms with Crippen LogP contribution in [0.2, 0.25) is 0 Å². The molecule has 1 aromatic heterocycles. The first-order valence-electron chi connectivity index (χ1n) is 7.87. The number of halogens is 1. The van der Waals surface area contributed by atoms with Crippen LogP contribution in [0.4, 0.5) is 4.39 Å². The van der Waals surface area contributed by atoms with Crippen LogP contribution in [0.25, 0.3) is 11.8 Å². The molecule has 2 N–H and O–H groups in total. The van der Waals surface area contributed by atoms with E-state index in [1.165, 1.54) is 25.3 Å². The first-order chi connectivity index (χ1) is 11.9. The first kappa shape index (κ1) is 18.8. The second kappa shape index (κ2) is 8.55. The number of carbonyl (C=O) groups excluding carboxylic acids is 1. The molecule has 0 aliphatic carbocycles. The van der Waals surface area contributed by atoms with Gasteiger partial charge in [0.2, 0.25) is 5.91 Å². The van der Waals surface area contributed by atoms with Gasteiger partial charge in [-0.25, -0.2) is 9.07 Å². The fourth-order valence-corrected chi connectivity index (χ4v) is 2.42. The number of aromatic nitrogens is 2. The fourth-order valence-electron chi connectivity index (χ4n) is 2.42. The van der Waals surface area contributed by atoms with Gasteiger partial charge in [-0.3, -0.25) is 4.79 Å². The Bertz CT molecular complexity index is 754. The largest absolute Gasteiger partial charge is 0.389 e. The Morgan fingerprint density at radius 1 is 1.40 bits per heavy atom. The highest BCUT2D eigenvalue weighted by molar-refractivity contribution is 5.92. The van der Waals surface area contributed by atoms with Gasteiger partial charge in [-0.1, -0.05) is 0 Å². The molecule has 0 fully saturated rings. The van der Waals surface area contributed by atoms with E-state index < -0.39 is 6.10 Å². The van der Waals surface area contributed by atoms with Crippen molar-refractivity contribution in [3.8, 4) is 5.69 Å². The third-order valence-corrected chi connectivity index (χ3v) is 3.69. The number of nitrogens with zero attached hydrogens (tertiary/aromatic N) is 2. The summed E-state index contributed by atoms with van der Waals surface area (Å²) in [5.74, 6) is -0.624. The number of methoxy groups -OCH3 is 1. The van der Waals surface area contributed by atoms with Crippen LogP contribution >= 0.6 is 0 Å². The molecule has 6 nitrogen and oxygen atoms in total. The van der Waals surface area contributed by atoms with E-state index in [4.69, 9.17) is 4.74 Å². The molecule has 2 rings (SSSR count). The van der Waals surface area contributed by atoms with Crippen molar-refractivity contribution in [3.05, 3.63) is 53.1 Å². The van der Waals surface area contributed by atoms with E-state index in [9.17, 15) is 14.3 Å². The second-order valence-electron chi connectivity index (χ2n) is 5.66. The number of ether oxygens (including phenoxy) is 1. The molecule has 1 aromatic carbocycles. The van der Waals surface area contributed by atoms with Gasteiger partial charge in [-0.15, -0.1) is 0 Å².